The van der Waals surface area contributed by atoms with Crippen molar-refractivity contribution in [3.8, 4) is 11.8 Å². The van der Waals surface area contributed by atoms with Crippen molar-refractivity contribution in [1.82, 2.24) is 4.90 Å². The molecule has 0 saturated heterocycles. The van der Waals surface area contributed by atoms with Gasteiger partial charge in [0.1, 0.15) is 0 Å². The minimum Gasteiger partial charge on any atom is -0.395 e. The van der Waals surface area contributed by atoms with Gasteiger partial charge in [0.2, 0.25) is 0 Å². The van der Waals surface area contributed by atoms with Gasteiger partial charge in [0.15, 0.2) is 0 Å². The second kappa shape index (κ2) is 7.92. The molecule has 0 unspecified atom stereocenters. The van der Waals surface area contributed by atoms with Crippen molar-refractivity contribution in [2.45, 2.75) is 39.8 Å². The third-order valence-corrected chi connectivity index (χ3v) is 2.99. The topological polar surface area (TPSA) is 23.5 Å². The van der Waals surface area contributed by atoms with Crippen LogP contribution in [0.1, 0.15) is 38.3 Å². The monoisotopic (exact) mass is 245 g/mol. The van der Waals surface area contributed by atoms with E-state index in [9.17, 15) is 0 Å². The Kier molecular flexibility index (Phi) is 6.49. The summed E-state index contributed by atoms with van der Waals surface area (Å²) < 4.78 is 0. The standard InChI is InChI=1S/C16H23NO/c1-4-17(14(2)3)13-16-11-6-5-9-15(16)10-7-8-12-18/h5-6,9,11,14,18H,4,8,12-13H2,1-3H3. The van der Waals surface area contributed by atoms with Crippen molar-refractivity contribution in [2.75, 3.05) is 13.2 Å². The van der Waals surface area contributed by atoms with Gasteiger partial charge in [-0.05, 0) is 32.0 Å². The highest BCUT2D eigenvalue weighted by Gasteiger charge is 2.09. The Bertz CT molecular complexity index is 415. The van der Waals surface area contributed by atoms with Gasteiger partial charge in [-0.15, -0.1) is 0 Å². The molecule has 0 heterocycles. The Hall–Kier alpha value is -1.30. The molecule has 1 aromatic carbocycles. The Morgan fingerprint density at radius 2 is 2.00 bits per heavy atom. The number of benzene rings is 1. The summed E-state index contributed by atoms with van der Waals surface area (Å²) in [5, 5.41) is 8.76. The number of hydrogen-bond acceptors (Lipinski definition) is 2. The van der Waals surface area contributed by atoms with Crippen LogP contribution in [0.5, 0.6) is 0 Å². The first kappa shape index (κ1) is 14.8. The van der Waals surface area contributed by atoms with Crippen LogP contribution in [0.25, 0.3) is 0 Å². The SMILES string of the molecule is CCN(Cc1ccccc1C#CCCO)C(C)C. The maximum Gasteiger partial charge on any atom is 0.0540 e. The van der Waals surface area contributed by atoms with Gasteiger partial charge in [-0.25, -0.2) is 0 Å². The van der Waals surface area contributed by atoms with E-state index in [0.717, 1.165) is 18.7 Å². The van der Waals surface area contributed by atoms with Crippen molar-refractivity contribution in [3.05, 3.63) is 35.4 Å². The second-order valence-corrected chi connectivity index (χ2v) is 4.59. The third kappa shape index (κ3) is 4.52. The fourth-order valence-electron chi connectivity index (χ4n) is 1.87. The van der Waals surface area contributed by atoms with Gasteiger partial charge in [-0.1, -0.05) is 37.0 Å². The molecule has 2 nitrogen and oxygen atoms in total. The zero-order valence-electron chi connectivity index (χ0n) is 11.6. The summed E-state index contributed by atoms with van der Waals surface area (Å²) in [6, 6.07) is 8.79. The Morgan fingerprint density at radius 1 is 1.28 bits per heavy atom. The molecule has 98 valence electrons. The first-order valence-electron chi connectivity index (χ1n) is 6.60. The Morgan fingerprint density at radius 3 is 2.61 bits per heavy atom. The molecule has 0 aliphatic heterocycles. The molecule has 0 radical (unpaired) electrons. The molecule has 2 heteroatoms. The first-order chi connectivity index (χ1) is 8.69. The van der Waals surface area contributed by atoms with Crippen LogP contribution < -0.4 is 0 Å². The van der Waals surface area contributed by atoms with Crippen LogP contribution in [0.3, 0.4) is 0 Å². The summed E-state index contributed by atoms with van der Waals surface area (Å²) in [5.74, 6) is 6.14. The predicted octanol–water partition coefficient (Wildman–Crippen LogP) is 2.65. The maximum absolute atomic E-state index is 8.76. The third-order valence-electron chi connectivity index (χ3n) is 2.99. The van der Waals surface area contributed by atoms with Gasteiger partial charge in [-0.2, -0.15) is 0 Å². The average Bonchev–Trinajstić information content (AvgIpc) is 2.37. The average molecular weight is 245 g/mol. The molecule has 0 saturated carbocycles. The molecule has 0 bridgehead atoms. The fraction of sp³-hybridized carbons (Fsp3) is 0.500. The smallest absolute Gasteiger partial charge is 0.0540 e. The first-order valence-corrected chi connectivity index (χ1v) is 6.60. The summed E-state index contributed by atoms with van der Waals surface area (Å²) in [6.07, 6.45) is 0.538. The lowest BCUT2D eigenvalue weighted by molar-refractivity contribution is 0.225. The molecule has 0 aromatic heterocycles. The Balaban J connectivity index is 2.85. The van der Waals surface area contributed by atoms with Gasteiger partial charge in [0, 0.05) is 24.6 Å². The highest BCUT2D eigenvalue weighted by molar-refractivity contribution is 5.41. The van der Waals surface area contributed by atoms with E-state index in [2.05, 4.69) is 49.6 Å². The highest BCUT2D eigenvalue weighted by atomic mass is 16.2. The van der Waals surface area contributed by atoms with E-state index in [1.807, 2.05) is 12.1 Å². The van der Waals surface area contributed by atoms with Crippen LogP contribution in [-0.4, -0.2) is 29.2 Å². The lowest BCUT2D eigenvalue weighted by Gasteiger charge is -2.25. The number of aliphatic hydroxyl groups is 1. The zero-order chi connectivity index (χ0) is 13.4. The predicted molar refractivity (Wildman–Crippen MR) is 76.2 cm³/mol. The van der Waals surface area contributed by atoms with E-state index in [4.69, 9.17) is 5.11 Å². The van der Waals surface area contributed by atoms with E-state index in [1.54, 1.807) is 0 Å². The molecule has 0 fully saturated rings. The van der Waals surface area contributed by atoms with E-state index >= 15 is 0 Å². The van der Waals surface area contributed by atoms with Crippen molar-refractivity contribution >= 4 is 0 Å². The highest BCUT2D eigenvalue weighted by Crippen LogP contribution is 2.12. The molecule has 1 N–H and O–H groups in total. The van der Waals surface area contributed by atoms with Gasteiger partial charge >= 0.3 is 0 Å². The Labute approximate surface area is 111 Å². The maximum atomic E-state index is 8.76. The van der Waals surface area contributed by atoms with E-state index in [1.165, 1.54) is 5.56 Å². The quantitative estimate of drug-likeness (QED) is 0.806. The van der Waals surface area contributed by atoms with Gasteiger partial charge in [0.05, 0.1) is 6.61 Å². The minimum atomic E-state index is 0.127. The van der Waals surface area contributed by atoms with Crippen LogP contribution in [-0.2, 0) is 6.54 Å². The minimum absolute atomic E-state index is 0.127. The van der Waals surface area contributed by atoms with Gasteiger partial charge in [-0.3, -0.25) is 4.90 Å². The van der Waals surface area contributed by atoms with Gasteiger partial charge in [0.25, 0.3) is 0 Å². The molecule has 0 spiro atoms. The number of nitrogens with zero attached hydrogens (tertiary/aromatic N) is 1. The summed E-state index contributed by atoms with van der Waals surface area (Å²) in [5.41, 5.74) is 2.34. The summed E-state index contributed by atoms with van der Waals surface area (Å²) >= 11 is 0. The lowest BCUT2D eigenvalue weighted by atomic mass is 10.1. The van der Waals surface area contributed by atoms with Crippen LogP contribution in [0.15, 0.2) is 24.3 Å². The van der Waals surface area contributed by atoms with Crippen LogP contribution >= 0.6 is 0 Å². The van der Waals surface area contributed by atoms with E-state index < -0.39 is 0 Å². The zero-order valence-corrected chi connectivity index (χ0v) is 11.6. The van der Waals surface area contributed by atoms with Crippen molar-refractivity contribution in [2.24, 2.45) is 0 Å². The number of hydrogen-bond donors (Lipinski definition) is 1. The van der Waals surface area contributed by atoms with Crippen molar-refractivity contribution in [3.63, 3.8) is 0 Å². The molecular weight excluding hydrogens is 222 g/mol. The second-order valence-electron chi connectivity index (χ2n) is 4.59. The number of aliphatic hydroxyl groups excluding tert-OH is 1. The number of rotatable bonds is 5. The van der Waals surface area contributed by atoms with Crippen LogP contribution in [0, 0.1) is 11.8 Å². The van der Waals surface area contributed by atoms with E-state index in [0.29, 0.717) is 12.5 Å². The van der Waals surface area contributed by atoms with Gasteiger partial charge < -0.3 is 5.11 Å². The van der Waals surface area contributed by atoms with Crippen molar-refractivity contribution in [1.29, 1.82) is 0 Å². The summed E-state index contributed by atoms with van der Waals surface area (Å²) in [7, 11) is 0. The molecule has 0 aliphatic carbocycles. The normalized spacial score (nSPS) is 10.6. The molecule has 1 rings (SSSR count). The summed E-state index contributed by atoms with van der Waals surface area (Å²) in [4.78, 5) is 2.41. The molecule has 0 amide bonds. The largest absolute Gasteiger partial charge is 0.395 e. The van der Waals surface area contributed by atoms with Crippen molar-refractivity contribution < 1.29 is 5.11 Å². The molecular formula is C16H23NO. The lowest BCUT2D eigenvalue weighted by Crippen LogP contribution is -2.30. The molecule has 0 aliphatic rings. The molecule has 1 aromatic rings. The van der Waals surface area contributed by atoms with E-state index in [-0.39, 0.29) is 6.61 Å². The molecule has 0 atom stereocenters. The van der Waals surface area contributed by atoms with Crippen LogP contribution in [0.2, 0.25) is 0 Å². The van der Waals surface area contributed by atoms with Crippen LogP contribution in [0.4, 0.5) is 0 Å². The fourth-order valence-corrected chi connectivity index (χ4v) is 1.87. The molecule has 18 heavy (non-hydrogen) atoms. The summed E-state index contributed by atoms with van der Waals surface area (Å²) in [6.45, 7) is 8.70.